The van der Waals surface area contributed by atoms with Gasteiger partial charge in [0.25, 0.3) is 0 Å². The molecule has 0 radical (unpaired) electrons. The highest BCUT2D eigenvalue weighted by Gasteiger charge is 2.10. The fraction of sp³-hybridized carbons (Fsp3) is 0.158. The van der Waals surface area contributed by atoms with Crippen molar-refractivity contribution in [3.63, 3.8) is 0 Å². The molecule has 2 aromatic carbocycles. The quantitative estimate of drug-likeness (QED) is 0.558. The van der Waals surface area contributed by atoms with E-state index in [-0.39, 0.29) is 6.42 Å². The van der Waals surface area contributed by atoms with E-state index in [2.05, 4.69) is 0 Å². The second-order valence-electron chi connectivity index (χ2n) is 5.45. The Bertz CT molecular complexity index is 877. The predicted octanol–water partition coefficient (Wildman–Crippen LogP) is 3.35. The number of aromatic nitrogens is 1. The van der Waals surface area contributed by atoms with Gasteiger partial charge in [-0.25, -0.2) is 10.5 Å². The van der Waals surface area contributed by atoms with Crippen molar-refractivity contribution in [3.8, 4) is 17.0 Å². The highest BCUT2D eigenvalue weighted by Crippen LogP contribution is 2.27. The monoisotopic (exact) mass is 322 g/mol. The maximum atomic E-state index is 11.4. The number of aryl methyl sites for hydroxylation is 1. The zero-order chi connectivity index (χ0) is 16.9. The van der Waals surface area contributed by atoms with E-state index in [0.29, 0.717) is 6.42 Å². The zero-order valence-corrected chi connectivity index (χ0v) is 13.3. The van der Waals surface area contributed by atoms with E-state index in [9.17, 15) is 4.79 Å². The number of para-hydroxylation sites is 1. The van der Waals surface area contributed by atoms with Crippen molar-refractivity contribution in [1.82, 2.24) is 10.5 Å². The van der Waals surface area contributed by atoms with Crippen molar-refractivity contribution in [2.45, 2.75) is 12.8 Å². The van der Waals surface area contributed by atoms with E-state index in [0.717, 1.165) is 33.5 Å². The van der Waals surface area contributed by atoms with E-state index in [1.807, 2.05) is 54.6 Å². The highest BCUT2D eigenvalue weighted by atomic mass is 16.5. The molecule has 0 aliphatic heterocycles. The minimum absolute atomic E-state index is 0.210. The fourth-order valence-electron chi connectivity index (χ4n) is 2.69. The molecule has 0 bridgehead atoms. The Morgan fingerprint density at radius 3 is 2.79 bits per heavy atom. The van der Waals surface area contributed by atoms with Gasteiger partial charge in [0.15, 0.2) is 0 Å². The molecule has 3 rings (SSSR count). The average molecular weight is 322 g/mol. The Hall–Kier alpha value is -2.92. The number of hydroxylamine groups is 1. The highest BCUT2D eigenvalue weighted by molar-refractivity contribution is 5.86. The van der Waals surface area contributed by atoms with Gasteiger partial charge in [0.2, 0.25) is 5.91 Å². The second-order valence-corrected chi connectivity index (χ2v) is 5.45. The number of ether oxygens (including phenoxy) is 1. The number of carbonyl (C=O) groups excluding carboxylic acids is 1. The van der Waals surface area contributed by atoms with Gasteiger partial charge in [-0.3, -0.25) is 10.0 Å². The standard InChI is InChI=1S/C19H18N2O3/c1-24-15-6-4-5-14(11-15)18-12-13(9-10-19(22)21-23)16-7-2-3-8-17(16)20-18/h2-8,11-12,23H,9-10H2,1H3,(H,21,22). The molecule has 1 aromatic heterocycles. The first-order valence-corrected chi connectivity index (χ1v) is 7.67. The van der Waals surface area contributed by atoms with E-state index in [1.54, 1.807) is 12.6 Å². The number of amides is 1. The fourth-order valence-corrected chi connectivity index (χ4v) is 2.69. The summed E-state index contributed by atoms with van der Waals surface area (Å²) >= 11 is 0. The number of nitrogens with zero attached hydrogens (tertiary/aromatic N) is 1. The lowest BCUT2D eigenvalue weighted by Gasteiger charge is -2.10. The molecule has 0 saturated carbocycles. The summed E-state index contributed by atoms with van der Waals surface area (Å²) in [6.07, 6.45) is 0.731. The molecule has 3 aromatic rings. The van der Waals surface area contributed by atoms with E-state index in [1.165, 1.54) is 0 Å². The van der Waals surface area contributed by atoms with Crippen LogP contribution in [0.3, 0.4) is 0 Å². The van der Waals surface area contributed by atoms with E-state index in [4.69, 9.17) is 14.9 Å². The molecule has 0 saturated heterocycles. The number of methoxy groups -OCH3 is 1. The number of hydrogen-bond donors (Lipinski definition) is 2. The SMILES string of the molecule is COc1cccc(-c2cc(CCC(=O)NO)c3ccccc3n2)c1. The van der Waals surface area contributed by atoms with E-state index >= 15 is 0 Å². The summed E-state index contributed by atoms with van der Waals surface area (Å²) in [7, 11) is 1.63. The molecule has 0 aliphatic rings. The molecule has 24 heavy (non-hydrogen) atoms. The Morgan fingerprint density at radius 1 is 1.17 bits per heavy atom. The molecule has 0 fully saturated rings. The topological polar surface area (TPSA) is 71.5 Å². The van der Waals surface area contributed by atoms with Crippen LogP contribution >= 0.6 is 0 Å². The first-order chi connectivity index (χ1) is 11.7. The van der Waals surface area contributed by atoms with Crippen molar-refractivity contribution in [1.29, 1.82) is 0 Å². The summed E-state index contributed by atoms with van der Waals surface area (Å²) < 4.78 is 5.28. The Labute approximate surface area is 139 Å². The summed E-state index contributed by atoms with van der Waals surface area (Å²) in [5, 5.41) is 9.70. The van der Waals surface area contributed by atoms with Gasteiger partial charge >= 0.3 is 0 Å². The zero-order valence-electron chi connectivity index (χ0n) is 13.3. The van der Waals surface area contributed by atoms with Crippen molar-refractivity contribution >= 4 is 16.8 Å². The Balaban J connectivity index is 2.07. The third-order valence-electron chi connectivity index (χ3n) is 3.91. The first-order valence-electron chi connectivity index (χ1n) is 7.67. The van der Waals surface area contributed by atoms with Gasteiger partial charge in [-0.2, -0.15) is 0 Å². The van der Waals surface area contributed by atoms with Crippen LogP contribution in [-0.2, 0) is 11.2 Å². The Morgan fingerprint density at radius 2 is 2.00 bits per heavy atom. The molecule has 2 N–H and O–H groups in total. The average Bonchev–Trinajstić information content (AvgIpc) is 2.65. The summed E-state index contributed by atoms with van der Waals surface area (Å²) in [5.74, 6) is 0.363. The summed E-state index contributed by atoms with van der Waals surface area (Å²) in [6.45, 7) is 0. The minimum atomic E-state index is -0.404. The van der Waals surface area contributed by atoms with Crippen molar-refractivity contribution < 1.29 is 14.7 Å². The minimum Gasteiger partial charge on any atom is -0.497 e. The number of rotatable bonds is 5. The van der Waals surface area contributed by atoms with Crippen LogP contribution in [0.25, 0.3) is 22.2 Å². The second kappa shape index (κ2) is 7.10. The smallest absolute Gasteiger partial charge is 0.243 e. The summed E-state index contributed by atoms with van der Waals surface area (Å²) in [5.41, 5.74) is 5.34. The van der Waals surface area contributed by atoms with Gasteiger partial charge in [-0.15, -0.1) is 0 Å². The van der Waals surface area contributed by atoms with Crippen LogP contribution in [0.5, 0.6) is 5.75 Å². The first kappa shape index (κ1) is 16.0. The molecule has 0 unspecified atom stereocenters. The van der Waals surface area contributed by atoms with Crippen LogP contribution < -0.4 is 10.2 Å². The molecule has 0 spiro atoms. The number of benzene rings is 2. The van der Waals surface area contributed by atoms with Crippen LogP contribution in [-0.4, -0.2) is 23.2 Å². The molecular weight excluding hydrogens is 304 g/mol. The van der Waals surface area contributed by atoms with Crippen LogP contribution in [0.4, 0.5) is 0 Å². The van der Waals surface area contributed by atoms with Gasteiger partial charge < -0.3 is 4.74 Å². The molecule has 1 amide bonds. The largest absolute Gasteiger partial charge is 0.497 e. The van der Waals surface area contributed by atoms with Gasteiger partial charge in [0, 0.05) is 17.4 Å². The number of pyridine rings is 1. The van der Waals surface area contributed by atoms with Crippen LogP contribution in [0.15, 0.2) is 54.6 Å². The normalized spacial score (nSPS) is 10.6. The van der Waals surface area contributed by atoms with Gasteiger partial charge in [0.1, 0.15) is 5.75 Å². The molecule has 1 heterocycles. The number of hydrogen-bond acceptors (Lipinski definition) is 4. The lowest BCUT2D eigenvalue weighted by molar-refractivity contribution is -0.129. The van der Waals surface area contributed by atoms with Crippen molar-refractivity contribution in [3.05, 3.63) is 60.2 Å². The van der Waals surface area contributed by atoms with Gasteiger partial charge in [-0.05, 0) is 36.2 Å². The molecule has 0 atom stereocenters. The summed E-state index contributed by atoms with van der Waals surface area (Å²) in [6, 6.07) is 17.5. The van der Waals surface area contributed by atoms with Crippen LogP contribution in [0.1, 0.15) is 12.0 Å². The lowest BCUT2D eigenvalue weighted by atomic mass is 10.0. The molecule has 0 aliphatic carbocycles. The van der Waals surface area contributed by atoms with Crippen LogP contribution in [0, 0.1) is 0 Å². The summed E-state index contributed by atoms with van der Waals surface area (Å²) in [4.78, 5) is 16.1. The molecule has 122 valence electrons. The number of fused-ring (bicyclic) bond motifs is 1. The van der Waals surface area contributed by atoms with Crippen LogP contribution in [0.2, 0.25) is 0 Å². The lowest BCUT2D eigenvalue weighted by Crippen LogP contribution is -2.18. The third kappa shape index (κ3) is 3.36. The maximum Gasteiger partial charge on any atom is 0.243 e. The molecule has 5 nitrogen and oxygen atoms in total. The van der Waals surface area contributed by atoms with Gasteiger partial charge in [0.05, 0.1) is 18.3 Å². The van der Waals surface area contributed by atoms with Crippen molar-refractivity contribution in [2.24, 2.45) is 0 Å². The van der Waals surface area contributed by atoms with E-state index < -0.39 is 5.91 Å². The van der Waals surface area contributed by atoms with Gasteiger partial charge in [-0.1, -0.05) is 30.3 Å². The Kier molecular flexibility index (Phi) is 4.72. The third-order valence-corrected chi connectivity index (χ3v) is 3.91. The molecule has 5 heteroatoms. The maximum absolute atomic E-state index is 11.4. The number of carbonyl (C=O) groups is 1. The molecular formula is C19H18N2O3. The predicted molar refractivity (Wildman–Crippen MR) is 92.0 cm³/mol. The number of nitrogens with one attached hydrogen (secondary N) is 1. The van der Waals surface area contributed by atoms with Crippen molar-refractivity contribution in [2.75, 3.05) is 7.11 Å².